The van der Waals surface area contributed by atoms with Crippen LogP contribution < -0.4 is 11.1 Å². The Balaban J connectivity index is 1.57. The van der Waals surface area contributed by atoms with Gasteiger partial charge >= 0.3 is 0 Å². The highest BCUT2D eigenvalue weighted by molar-refractivity contribution is 4.85. The first-order valence-electron chi connectivity index (χ1n) is 6.83. The van der Waals surface area contributed by atoms with Crippen LogP contribution in [0.3, 0.4) is 0 Å². The summed E-state index contributed by atoms with van der Waals surface area (Å²) >= 11 is 0. The second-order valence-electron chi connectivity index (χ2n) is 5.58. The molecular weight excluding hydrogens is 200 g/mol. The molecule has 0 aromatic heterocycles. The van der Waals surface area contributed by atoms with Gasteiger partial charge in [-0.05, 0) is 50.1 Å². The lowest BCUT2D eigenvalue weighted by Crippen LogP contribution is -2.44. The molecular formula is C13H26N2O. The van der Waals surface area contributed by atoms with Crippen molar-refractivity contribution < 1.29 is 4.74 Å². The maximum absolute atomic E-state index is 5.92. The van der Waals surface area contributed by atoms with Crippen LogP contribution in [-0.2, 0) is 4.74 Å². The van der Waals surface area contributed by atoms with Gasteiger partial charge in [-0.2, -0.15) is 0 Å². The van der Waals surface area contributed by atoms with Crippen molar-refractivity contribution in [3.8, 4) is 0 Å². The minimum Gasteiger partial charge on any atom is -0.381 e. The van der Waals surface area contributed by atoms with Gasteiger partial charge < -0.3 is 15.8 Å². The summed E-state index contributed by atoms with van der Waals surface area (Å²) in [5.41, 5.74) is 6.23. The third-order valence-corrected chi connectivity index (χ3v) is 4.15. The molecule has 94 valence electrons. The lowest BCUT2D eigenvalue weighted by molar-refractivity contribution is 0.0193. The number of nitrogens with one attached hydrogen (secondary N) is 1. The highest BCUT2D eigenvalue weighted by Crippen LogP contribution is 2.33. The Morgan fingerprint density at radius 2 is 2.00 bits per heavy atom. The minimum absolute atomic E-state index is 0.317. The summed E-state index contributed by atoms with van der Waals surface area (Å²) in [6, 6.07) is 0. The second-order valence-corrected chi connectivity index (χ2v) is 5.58. The van der Waals surface area contributed by atoms with Crippen LogP contribution in [0.2, 0.25) is 0 Å². The number of rotatable bonds is 7. The summed E-state index contributed by atoms with van der Waals surface area (Å²) < 4.78 is 5.41. The maximum atomic E-state index is 5.92. The van der Waals surface area contributed by atoms with Crippen molar-refractivity contribution in [2.24, 2.45) is 17.1 Å². The summed E-state index contributed by atoms with van der Waals surface area (Å²) in [5, 5.41) is 3.59. The van der Waals surface area contributed by atoms with Crippen LogP contribution in [0.25, 0.3) is 0 Å². The molecule has 1 aliphatic heterocycles. The Morgan fingerprint density at radius 3 is 2.62 bits per heavy atom. The fourth-order valence-electron chi connectivity index (χ4n) is 2.53. The lowest BCUT2D eigenvalue weighted by atomic mass is 9.80. The molecule has 1 aliphatic carbocycles. The fourth-order valence-corrected chi connectivity index (χ4v) is 2.53. The molecule has 1 saturated carbocycles. The van der Waals surface area contributed by atoms with Gasteiger partial charge in [0.1, 0.15) is 0 Å². The fraction of sp³-hybridized carbons (Fsp3) is 1.00. The van der Waals surface area contributed by atoms with Gasteiger partial charge in [-0.1, -0.05) is 12.8 Å². The second kappa shape index (κ2) is 5.99. The van der Waals surface area contributed by atoms with E-state index in [2.05, 4.69) is 5.32 Å². The van der Waals surface area contributed by atoms with Crippen LogP contribution in [0.15, 0.2) is 0 Å². The first kappa shape index (κ1) is 12.3. The van der Waals surface area contributed by atoms with Crippen molar-refractivity contribution in [2.75, 3.05) is 32.8 Å². The van der Waals surface area contributed by atoms with Crippen LogP contribution in [0.1, 0.15) is 38.5 Å². The van der Waals surface area contributed by atoms with Crippen LogP contribution in [-0.4, -0.2) is 32.8 Å². The van der Waals surface area contributed by atoms with Crippen molar-refractivity contribution in [2.45, 2.75) is 38.5 Å². The topological polar surface area (TPSA) is 47.3 Å². The summed E-state index contributed by atoms with van der Waals surface area (Å²) in [6.07, 6.45) is 7.96. The van der Waals surface area contributed by atoms with E-state index in [9.17, 15) is 0 Å². The Morgan fingerprint density at radius 1 is 1.25 bits per heavy atom. The van der Waals surface area contributed by atoms with E-state index in [1.54, 1.807) is 0 Å². The van der Waals surface area contributed by atoms with E-state index in [4.69, 9.17) is 10.5 Å². The molecule has 0 bridgehead atoms. The molecule has 0 aromatic rings. The molecule has 2 aliphatic rings. The first-order chi connectivity index (χ1) is 7.85. The van der Waals surface area contributed by atoms with Gasteiger partial charge in [-0.15, -0.1) is 0 Å². The Kier molecular flexibility index (Phi) is 4.62. The molecule has 16 heavy (non-hydrogen) atoms. The minimum atomic E-state index is 0.317. The third kappa shape index (κ3) is 3.72. The van der Waals surface area contributed by atoms with Gasteiger partial charge in [0.2, 0.25) is 0 Å². The normalized spacial score (nSPS) is 24.6. The highest BCUT2D eigenvalue weighted by atomic mass is 16.5. The molecule has 3 heteroatoms. The monoisotopic (exact) mass is 226 g/mol. The SMILES string of the molecule is NCC1(CNCCCC2CC2)CCOCC1. The van der Waals surface area contributed by atoms with Gasteiger partial charge in [0.15, 0.2) is 0 Å². The Bertz CT molecular complexity index is 198. The summed E-state index contributed by atoms with van der Waals surface area (Å²) in [6.45, 7) is 4.82. The Labute approximate surface area is 99.1 Å². The van der Waals surface area contributed by atoms with Gasteiger partial charge in [0.25, 0.3) is 0 Å². The van der Waals surface area contributed by atoms with E-state index in [0.717, 1.165) is 45.1 Å². The van der Waals surface area contributed by atoms with Crippen LogP contribution in [0.4, 0.5) is 0 Å². The van der Waals surface area contributed by atoms with Gasteiger partial charge in [-0.3, -0.25) is 0 Å². The molecule has 0 atom stereocenters. The molecule has 0 aromatic carbocycles. The number of nitrogens with two attached hydrogens (primary N) is 1. The molecule has 1 heterocycles. The molecule has 0 radical (unpaired) electrons. The number of hydrogen-bond donors (Lipinski definition) is 2. The molecule has 3 N–H and O–H groups in total. The maximum Gasteiger partial charge on any atom is 0.0472 e. The lowest BCUT2D eigenvalue weighted by Gasteiger charge is -2.36. The summed E-state index contributed by atoms with van der Waals surface area (Å²) in [4.78, 5) is 0. The summed E-state index contributed by atoms with van der Waals surface area (Å²) in [5.74, 6) is 1.06. The third-order valence-electron chi connectivity index (χ3n) is 4.15. The summed E-state index contributed by atoms with van der Waals surface area (Å²) in [7, 11) is 0. The first-order valence-corrected chi connectivity index (χ1v) is 6.83. The molecule has 2 rings (SSSR count). The molecule has 1 saturated heterocycles. The average Bonchev–Trinajstić information content (AvgIpc) is 3.14. The van der Waals surface area contributed by atoms with E-state index in [1.165, 1.54) is 32.2 Å². The predicted octanol–water partition coefficient (Wildman–Crippen LogP) is 1.52. The van der Waals surface area contributed by atoms with Crippen LogP contribution >= 0.6 is 0 Å². The van der Waals surface area contributed by atoms with Gasteiger partial charge in [0.05, 0.1) is 0 Å². The van der Waals surface area contributed by atoms with E-state index >= 15 is 0 Å². The zero-order valence-electron chi connectivity index (χ0n) is 10.3. The van der Waals surface area contributed by atoms with Crippen molar-refractivity contribution in [3.05, 3.63) is 0 Å². The zero-order chi connectivity index (χ0) is 11.3. The van der Waals surface area contributed by atoms with Crippen LogP contribution in [0, 0.1) is 11.3 Å². The number of ether oxygens (including phenoxy) is 1. The van der Waals surface area contributed by atoms with E-state index in [1.807, 2.05) is 0 Å². The van der Waals surface area contributed by atoms with Crippen molar-refractivity contribution >= 4 is 0 Å². The predicted molar refractivity (Wildman–Crippen MR) is 66.4 cm³/mol. The van der Waals surface area contributed by atoms with Crippen molar-refractivity contribution in [1.82, 2.24) is 5.32 Å². The number of hydrogen-bond acceptors (Lipinski definition) is 3. The Hall–Kier alpha value is -0.120. The molecule has 0 amide bonds. The molecule has 0 spiro atoms. The van der Waals surface area contributed by atoms with Crippen molar-refractivity contribution in [1.29, 1.82) is 0 Å². The van der Waals surface area contributed by atoms with Crippen LogP contribution in [0.5, 0.6) is 0 Å². The molecule has 3 nitrogen and oxygen atoms in total. The van der Waals surface area contributed by atoms with E-state index in [-0.39, 0.29) is 0 Å². The van der Waals surface area contributed by atoms with E-state index < -0.39 is 0 Å². The highest BCUT2D eigenvalue weighted by Gasteiger charge is 2.30. The smallest absolute Gasteiger partial charge is 0.0472 e. The largest absolute Gasteiger partial charge is 0.381 e. The molecule has 0 unspecified atom stereocenters. The van der Waals surface area contributed by atoms with Gasteiger partial charge in [-0.25, -0.2) is 0 Å². The molecule has 2 fully saturated rings. The van der Waals surface area contributed by atoms with E-state index in [0.29, 0.717) is 5.41 Å². The van der Waals surface area contributed by atoms with Crippen molar-refractivity contribution in [3.63, 3.8) is 0 Å². The average molecular weight is 226 g/mol. The zero-order valence-corrected chi connectivity index (χ0v) is 10.3. The standard InChI is InChI=1S/C13H26N2O/c14-10-13(5-8-16-9-6-13)11-15-7-1-2-12-3-4-12/h12,15H,1-11,14H2. The van der Waals surface area contributed by atoms with Gasteiger partial charge in [0, 0.05) is 19.8 Å². The quantitative estimate of drug-likeness (QED) is 0.647.